The van der Waals surface area contributed by atoms with Crippen molar-refractivity contribution in [3.8, 4) is 0 Å². The molecule has 0 aliphatic rings. The van der Waals surface area contributed by atoms with E-state index in [4.69, 9.17) is 4.42 Å². The summed E-state index contributed by atoms with van der Waals surface area (Å²) in [5.41, 5.74) is 4.33. The zero-order chi connectivity index (χ0) is 19.1. The molecule has 3 heterocycles. The van der Waals surface area contributed by atoms with Crippen LogP contribution in [0.4, 0.5) is 17.3 Å². The number of aromatic nitrogens is 3. The van der Waals surface area contributed by atoms with Crippen LogP contribution < -0.4 is 10.2 Å². The van der Waals surface area contributed by atoms with Crippen molar-refractivity contribution in [2.75, 3.05) is 17.3 Å². The van der Waals surface area contributed by atoms with Gasteiger partial charge in [-0.05, 0) is 45.4 Å². The third kappa shape index (κ3) is 2.97. The van der Waals surface area contributed by atoms with E-state index in [0.717, 1.165) is 39.1 Å². The average Bonchev–Trinajstić information content (AvgIpc) is 3.01. The summed E-state index contributed by atoms with van der Waals surface area (Å²) in [5, 5.41) is 5.51. The molecule has 6 nitrogen and oxygen atoms in total. The smallest absolute Gasteiger partial charge is 0.227 e. The van der Waals surface area contributed by atoms with Gasteiger partial charge in [0.15, 0.2) is 17.2 Å². The van der Waals surface area contributed by atoms with E-state index in [2.05, 4.69) is 64.1 Å². The molecule has 0 spiro atoms. The standard InChI is InChI=1S/C21H23N5O/c1-12(2)26(5)20-19(22-10-11-23-20)25-17-13(3)6-8-15-16-9-7-14(4)24-21(16)27-18(15)17/h6-12H,1-5H3,(H,22,25). The van der Waals surface area contributed by atoms with E-state index in [-0.39, 0.29) is 0 Å². The fourth-order valence-corrected chi connectivity index (χ4v) is 3.11. The van der Waals surface area contributed by atoms with Gasteiger partial charge in [-0.25, -0.2) is 15.0 Å². The van der Waals surface area contributed by atoms with E-state index in [1.807, 2.05) is 20.0 Å². The Balaban J connectivity index is 1.88. The third-order valence-electron chi connectivity index (χ3n) is 4.89. The van der Waals surface area contributed by atoms with Crippen molar-refractivity contribution in [3.05, 3.63) is 47.9 Å². The van der Waals surface area contributed by atoms with Crippen LogP contribution in [0.3, 0.4) is 0 Å². The van der Waals surface area contributed by atoms with Crippen LogP contribution in [0.5, 0.6) is 0 Å². The Hall–Kier alpha value is -3.15. The van der Waals surface area contributed by atoms with Crippen LogP contribution in [0.1, 0.15) is 25.1 Å². The van der Waals surface area contributed by atoms with Crippen molar-refractivity contribution >= 4 is 39.4 Å². The van der Waals surface area contributed by atoms with Crippen LogP contribution in [0.25, 0.3) is 22.1 Å². The highest BCUT2D eigenvalue weighted by atomic mass is 16.3. The summed E-state index contributed by atoms with van der Waals surface area (Å²) >= 11 is 0. The Morgan fingerprint density at radius 2 is 1.74 bits per heavy atom. The first kappa shape index (κ1) is 17.3. The highest BCUT2D eigenvalue weighted by Gasteiger charge is 2.18. The van der Waals surface area contributed by atoms with Gasteiger partial charge in [0.1, 0.15) is 0 Å². The predicted molar refractivity (Wildman–Crippen MR) is 110 cm³/mol. The Morgan fingerprint density at radius 1 is 1.00 bits per heavy atom. The van der Waals surface area contributed by atoms with Crippen molar-refractivity contribution in [1.82, 2.24) is 15.0 Å². The molecule has 0 unspecified atom stereocenters. The molecule has 0 aliphatic carbocycles. The number of anilines is 3. The van der Waals surface area contributed by atoms with E-state index in [1.54, 1.807) is 12.4 Å². The van der Waals surface area contributed by atoms with Gasteiger partial charge in [-0.3, -0.25) is 0 Å². The van der Waals surface area contributed by atoms with Crippen molar-refractivity contribution in [3.63, 3.8) is 0 Å². The lowest BCUT2D eigenvalue weighted by Crippen LogP contribution is -2.27. The normalized spacial score (nSPS) is 11.5. The Kier molecular flexibility index (Phi) is 4.18. The number of nitrogens with zero attached hydrogens (tertiary/aromatic N) is 4. The number of hydrogen-bond donors (Lipinski definition) is 1. The highest BCUT2D eigenvalue weighted by Crippen LogP contribution is 2.37. The first-order chi connectivity index (χ1) is 13.0. The molecule has 0 amide bonds. The molecule has 138 valence electrons. The number of hydrogen-bond acceptors (Lipinski definition) is 6. The molecule has 3 aromatic heterocycles. The third-order valence-corrected chi connectivity index (χ3v) is 4.89. The molecule has 0 saturated heterocycles. The van der Waals surface area contributed by atoms with Crippen molar-refractivity contribution in [2.24, 2.45) is 0 Å². The van der Waals surface area contributed by atoms with E-state index in [1.165, 1.54) is 0 Å². The summed E-state index contributed by atoms with van der Waals surface area (Å²) in [5.74, 6) is 1.50. The SMILES string of the molecule is Cc1ccc2c(n1)oc1c(Nc3nccnc3N(C)C(C)C)c(C)ccc12. The second kappa shape index (κ2) is 6.54. The predicted octanol–water partition coefficient (Wildman–Crippen LogP) is 4.98. The van der Waals surface area contributed by atoms with Gasteiger partial charge in [-0.15, -0.1) is 0 Å². The number of nitrogens with one attached hydrogen (secondary N) is 1. The van der Waals surface area contributed by atoms with Crippen molar-refractivity contribution < 1.29 is 4.42 Å². The quantitative estimate of drug-likeness (QED) is 0.553. The summed E-state index contributed by atoms with van der Waals surface area (Å²) in [6.07, 6.45) is 3.40. The van der Waals surface area contributed by atoms with Crippen molar-refractivity contribution in [1.29, 1.82) is 0 Å². The lowest BCUT2D eigenvalue weighted by Gasteiger charge is -2.24. The number of fused-ring (bicyclic) bond motifs is 3. The fourth-order valence-electron chi connectivity index (χ4n) is 3.11. The number of benzene rings is 1. The second-order valence-electron chi connectivity index (χ2n) is 7.10. The van der Waals surface area contributed by atoms with Gasteiger partial charge >= 0.3 is 0 Å². The second-order valence-corrected chi connectivity index (χ2v) is 7.10. The fraction of sp³-hybridized carbons (Fsp3) is 0.286. The average molecular weight is 361 g/mol. The Labute approximate surface area is 158 Å². The molecule has 0 atom stereocenters. The van der Waals surface area contributed by atoms with Gasteiger partial charge in [0.25, 0.3) is 0 Å². The molecule has 0 aliphatic heterocycles. The highest BCUT2D eigenvalue weighted by molar-refractivity contribution is 6.09. The minimum absolute atomic E-state index is 0.303. The van der Waals surface area contributed by atoms with Gasteiger partial charge in [-0.1, -0.05) is 12.1 Å². The number of furan rings is 1. The summed E-state index contributed by atoms with van der Waals surface area (Å²) in [6.45, 7) is 8.26. The molecule has 4 rings (SSSR count). The minimum Gasteiger partial charge on any atom is -0.435 e. The van der Waals surface area contributed by atoms with Crippen LogP contribution in [0.2, 0.25) is 0 Å². The van der Waals surface area contributed by atoms with Crippen LogP contribution in [0, 0.1) is 13.8 Å². The summed E-state index contributed by atoms with van der Waals surface area (Å²) in [7, 11) is 2.02. The van der Waals surface area contributed by atoms with Gasteiger partial charge in [0.05, 0.1) is 5.69 Å². The van der Waals surface area contributed by atoms with Crippen molar-refractivity contribution in [2.45, 2.75) is 33.7 Å². The van der Waals surface area contributed by atoms with E-state index < -0.39 is 0 Å². The number of rotatable bonds is 4. The lowest BCUT2D eigenvalue weighted by atomic mass is 10.1. The van der Waals surface area contributed by atoms with Crippen LogP contribution in [-0.2, 0) is 0 Å². The number of pyridine rings is 1. The first-order valence-electron chi connectivity index (χ1n) is 9.06. The maximum Gasteiger partial charge on any atom is 0.227 e. The van der Waals surface area contributed by atoms with Gasteiger partial charge in [0, 0.05) is 41.9 Å². The minimum atomic E-state index is 0.303. The molecule has 1 aromatic carbocycles. The zero-order valence-corrected chi connectivity index (χ0v) is 16.2. The molecule has 1 N–H and O–H groups in total. The Morgan fingerprint density at radius 3 is 2.52 bits per heavy atom. The maximum absolute atomic E-state index is 6.13. The lowest BCUT2D eigenvalue weighted by molar-refractivity contribution is 0.653. The molecule has 0 radical (unpaired) electrons. The first-order valence-corrected chi connectivity index (χ1v) is 9.06. The molecule has 0 bridgehead atoms. The monoisotopic (exact) mass is 361 g/mol. The van der Waals surface area contributed by atoms with Crippen LogP contribution >= 0.6 is 0 Å². The molecule has 4 aromatic rings. The number of aryl methyl sites for hydroxylation is 2. The molecular weight excluding hydrogens is 338 g/mol. The summed E-state index contributed by atoms with van der Waals surface area (Å²) in [6, 6.07) is 8.53. The van der Waals surface area contributed by atoms with Gasteiger partial charge < -0.3 is 14.6 Å². The van der Waals surface area contributed by atoms with E-state index >= 15 is 0 Å². The van der Waals surface area contributed by atoms with E-state index in [0.29, 0.717) is 17.6 Å². The summed E-state index contributed by atoms with van der Waals surface area (Å²) in [4.78, 5) is 15.7. The Bertz CT molecular complexity index is 1130. The largest absolute Gasteiger partial charge is 0.435 e. The molecule has 6 heteroatoms. The maximum atomic E-state index is 6.13. The molecular formula is C21H23N5O. The zero-order valence-electron chi connectivity index (χ0n) is 16.2. The van der Waals surface area contributed by atoms with Crippen LogP contribution in [-0.4, -0.2) is 28.0 Å². The van der Waals surface area contributed by atoms with E-state index in [9.17, 15) is 0 Å². The topological polar surface area (TPSA) is 67.1 Å². The van der Waals surface area contributed by atoms with Gasteiger partial charge in [-0.2, -0.15) is 0 Å². The van der Waals surface area contributed by atoms with Gasteiger partial charge in [0.2, 0.25) is 5.71 Å². The summed E-state index contributed by atoms with van der Waals surface area (Å²) < 4.78 is 6.13. The molecule has 0 saturated carbocycles. The molecule has 27 heavy (non-hydrogen) atoms. The molecule has 0 fully saturated rings. The van der Waals surface area contributed by atoms with Crippen LogP contribution in [0.15, 0.2) is 41.1 Å².